The molecule has 6 nitrogen and oxygen atoms in total. The Balaban J connectivity index is 2.08. The van der Waals surface area contributed by atoms with Crippen molar-refractivity contribution in [3.05, 3.63) is 70.3 Å². The van der Waals surface area contributed by atoms with Crippen molar-refractivity contribution in [2.75, 3.05) is 0 Å². The molecule has 0 bridgehead atoms. The topological polar surface area (TPSA) is 73.3 Å². The van der Waals surface area contributed by atoms with Crippen LogP contribution in [0.4, 0.5) is 5.82 Å². The maximum Gasteiger partial charge on any atom is 0.400 e. The fraction of sp³-hybridized carbons (Fsp3) is 0. The van der Waals surface area contributed by atoms with Crippen LogP contribution in [0.15, 0.2) is 59.7 Å². The molecule has 2 aromatic carbocycles. The van der Waals surface area contributed by atoms with Gasteiger partial charge in [0.1, 0.15) is 10.9 Å². The summed E-state index contributed by atoms with van der Waals surface area (Å²) in [5, 5.41) is 19.6. The number of nitro groups is 1. The van der Waals surface area contributed by atoms with E-state index >= 15 is 0 Å². The average Bonchev–Trinajstić information content (AvgIpc) is 2.85. The van der Waals surface area contributed by atoms with E-state index in [1.54, 1.807) is 30.5 Å². The molecular formula is C14H10N4O2. The molecule has 0 amide bonds. The first-order valence-corrected chi connectivity index (χ1v) is 5.97. The molecule has 3 rings (SSSR count). The third-order valence-electron chi connectivity index (χ3n) is 2.84. The monoisotopic (exact) mass is 266 g/mol. The largest absolute Gasteiger partial charge is 0.400 e. The second-order valence-electron chi connectivity index (χ2n) is 4.14. The summed E-state index contributed by atoms with van der Waals surface area (Å²) in [6, 6.07) is 16.4. The standard InChI is InChI=1S/C14H10N4O2/c19-18(20)14-12-8-4-5-9-13(12)17(16-14)15-10-11-6-2-1-3-7-11/h1-10H. The molecule has 0 spiro atoms. The van der Waals surface area contributed by atoms with Crippen LogP contribution in [0.25, 0.3) is 10.9 Å². The normalized spacial score (nSPS) is 11.2. The Kier molecular flexibility index (Phi) is 2.96. The van der Waals surface area contributed by atoms with Gasteiger partial charge in [-0.25, -0.2) is 0 Å². The first-order chi connectivity index (χ1) is 9.75. The minimum absolute atomic E-state index is 0.189. The van der Waals surface area contributed by atoms with Crippen molar-refractivity contribution in [2.45, 2.75) is 0 Å². The van der Waals surface area contributed by atoms with E-state index in [1.165, 1.54) is 4.79 Å². The Morgan fingerprint density at radius 2 is 1.80 bits per heavy atom. The Bertz CT molecular complexity index is 793. The molecule has 0 saturated heterocycles. The Hall–Kier alpha value is -3.02. The van der Waals surface area contributed by atoms with Crippen molar-refractivity contribution in [1.82, 2.24) is 9.89 Å². The summed E-state index contributed by atoms with van der Waals surface area (Å²) in [5.41, 5.74) is 1.50. The van der Waals surface area contributed by atoms with Crippen molar-refractivity contribution < 1.29 is 4.92 Å². The molecule has 0 N–H and O–H groups in total. The Morgan fingerprint density at radius 3 is 2.55 bits per heavy atom. The van der Waals surface area contributed by atoms with Gasteiger partial charge in [-0.05, 0) is 22.6 Å². The molecule has 0 atom stereocenters. The van der Waals surface area contributed by atoms with Gasteiger partial charge in [0.25, 0.3) is 0 Å². The Morgan fingerprint density at radius 1 is 1.10 bits per heavy atom. The Labute approximate surface area is 114 Å². The van der Waals surface area contributed by atoms with Gasteiger partial charge in [0.2, 0.25) is 0 Å². The van der Waals surface area contributed by atoms with Crippen molar-refractivity contribution in [3.8, 4) is 0 Å². The maximum atomic E-state index is 11.0. The van der Waals surface area contributed by atoms with Gasteiger partial charge in [0.05, 0.1) is 11.3 Å². The number of fused-ring (bicyclic) bond motifs is 1. The van der Waals surface area contributed by atoms with E-state index in [9.17, 15) is 10.1 Å². The summed E-state index contributed by atoms with van der Waals surface area (Å²) in [6.45, 7) is 0. The minimum atomic E-state index is -0.503. The lowest BCUT2D eigenvalue weighted by molar-refractivity contribution is -0.388. The molecular weight excluding hydrogens is 256 g/mol. The molecule has 0 aliphatic heterocycles. The van der Waals surface area contributed by atoms with Crippen molar-refractivity contribution in [2.24, 2.45) is 5.10 Å². The lowest BCUT2D eigenvalue weighted by Gasteiger charge is -1.91. The molecule has 0 radical (unpaired) electrons. The van der Waals surface area contributed by atoms with E-state index in [1.807, 2.05) is 30.3 Å². The van der Waals surface area contributed by atoms with Gasteiger partial charge in [-0.1, -0.05) is 47.3 Å². The molecule has 98 valence electrons. The predicted molar refractivity (Wildman–Crippen MR) is 75.8 cm³/mol. The highest BCUT2D eigenvalue weighted by Crippen LogP contribution is 2.24. The van der Waals surface area contributed by atoms with Gasteiger partial charge >= 0.3 is 5.82 Å². The zero-order valence-corrected chi connectivity index (χ0v) is 10.4. The van der Waals surface area contributed by atoms with Gasteiger partial charge in [0, 0.05) is 0 Å². The number of benzene rings is 2. The smallest absolute Gasteiger partial charge is 0.358 e. The lowest BCUT2D eigenvalue weighted by Crippen LogP contribution is -1.94. The number of hydrogen-bond donors (Lipinski definition) is 0. The second kappa shape index (κ2) is 4.93. The van der Waals surface area contributed by atoms with Crippen LogP contribution in [0.3, 0.4) is 0 Å². The van der Waals surface area contributed by atoms with Crippen molar-refractivity contribution in [3.63, 3.8) is 0 Å². The first-order valence-electron chi connectivity index (χ1n) is 5.97. The van der Waals surface area contributed by atoms with Gasteiger partial charge < -0.3 is 10.1 Å². The van der Waals surface area contributed by atoms with Crippen molar-refractivity contribution >= 4 is 22.9 Å². The summed E-state index contributed by atoms with van der Waals surface area (Å²) in [4.78, 5) is 11.8. The summed E-state index contributed by atoms with van der Waals surface area (Å²) in [6.07, 6.45) is 1.61. The predicted octanol–water partition coefficient (Wildman–Crippen LogP) is 2.83. The number of para-hydroxylation sites is 1. The quantitative estimate of drug-likeness (QED) is 0.415. The first kappa shape index (κ1) is 12.0. The maximum absolute atomic E-state index is 11.0. The fourth-order valence-electron chi connectivity index (χ4n) is 1.92. The zero-order valence-electron chi connectivity index (χ0n) is 10.4. The highest BCUT2D eigenvalue weighted by atomic mass is 16.6. The molecule has 0 fully saturated rings. The molecule has 0 aliphatic carbocycles. The van der Waals surface area contributed by atoms with E-state index in [0.29, 0.717) is 10.9 Å². The van der Waals surface area contributed by atoms with E-state index in [4.69, 9.17) is 0 Å². The summed E-state index contributed by atoms with van der Waals surface area (Å²) in [5.74, 6) is -0.189. The fourth-order valence-corrected chi connectivity index (χ4v) is 1.92. The molecule has 20 heavy (non-hydrogen) atoms. The number of aromatic nitrogens is 2. The highest BCUT2D eigenvalue weighted by molar-refractivity contribution is 5.87. The molecule has 1 heterocycles. The van der Waals surface area contributed by atoms with E-state index in [0.717, 1.165) is 5.56 Å². The molecule has 0 saturated carbocycles. The van der Waals surface area contributed by atoms with Crippen LogP contribution in [-0.2, 0) is 0 Å². The molecule has 0 unspecified atom stereocenters. The average molecular weight is 266 g/mol. The minimum Gasteiger partial charge on any atom is -0.358 e. The molecule has 1 aromatic heterocycles. The van der Waals surface area contributed by atoms with Crippen LogP contribution in [-0.4, -0.2) is 21.0 Å². The lowest BCUT2D eigenvalue weighted by atomic mass is 10.2. The zero-order chi connectivity index (χ0) is 13.9. The number of hydrogen-bond acceptors (Lipinski definition) is 4. The summed E-state index contributed by atoms with van der Waals surface area (Å²) >= 11 is 0. The van der Waals surface area contributed by atoms with E-state index in [2.05, 4.69) is 10.2 Å². The molecule has 3 aromatic rings. The molecule has 0 aliphatic rings. The summed E-state index contributed by atoms with van der Waals surface area (Å²) in [7, 11) is 0. The van der Waals surface area contributed by atoms with Gasteiger partial charge in [-0.3, -0.25) is 0 Å². The van der Waals surface area contributed by atoms with Gasteiger partial charge in [-0.15, -0.1) is 5.10 Å². The second-order valence-corrected chi connectivity index (χ2v) is 4.14. The van der Waals surface area contributed by atoms with Crippen molar-refractivity contribution in [1.29, 1.82) is 0 Å². The third-order valence-corrected chi connectivity index (χ3v) is 2.84. The van der Waals surface area contributed by atoms with Crippen LogP contribution in [0.2, 0.25) is 0 Å². The van der Waals surface area contributed by atoms with Crippen LogP contribution in [0, 0.1) is 10.1 Å². The van der Waals surface area contributed by atoms with Gasteiger partial charge in [0.15, 0.2) is 0 Å². The van der Waals surface area contributed by atoms with Crippen LogP contribution >= 0.6 is 0 Å². The number of nitrogens with zero attached hydrogens (tertiary/aromatic N) is 4. The van der Waals surface area contributed by atoms with E-state index < -0.39 is 4.92 Å². The van der Waals surface area contributed by atoms with Crippen LogP contribution < -0.4 is 0 Å². The van der Waals surface area contributed by atoms with Crippen LogP contribution in [0.5, 0.6) is 0 Å². The third kappa shape index (κ3) is 2.14. The van der Waals surface area contributed by atoms with Gasteiger partial charge in [-0.2, -0.15) is 0 Å². The number of rotatable bonds is 3. The van der Waals surface area contributed by atoms with E-state index in [-0.39, 0.29) is 5.82 Å². The highest BCUT2D eigenvalue weighted by Gasteiger charge is 2.20. The van der Waals surface area contributed by atoms with Crippen LogP contribution in [0.1, 0.15) is 5.56 Å². The SMILES string of the molecule is O=[N+]([O-])c1nn(N=Cc2ccccc2)c2ccccc12. The molecule has 6 heteroatoms. The summed E-state index contributed by atoms with van der Waals surface area (Å²) < 4.78 is 0.